The minimum absolute atomic E-state index is 0.200. The maximum Gasteiger partial charge on any atom is 0.454 e. The van der Waals surface area contributed by atoms with Crippen LogP contribution in [-0.2, 0) is 0 Å². The van der Waals surface area contributed by atoms with E-state index < -0.39 is 20.0 Å². The van der Waals surface area contributed by atoms with Crippen molar-refractivity contribution in [3.8, 4) is 0 Å². The summed E-state index contributed by atoms with van der Waals surface area (Å²) in [6.07, 6.45) is -4.80. The Bertz CT molecular complexity index is 404. The van der Waals surface area contributed by atoms with E-state index in [9.17, 15) is 18.0 Å². The fraction of sp³-hybridized carbons (Fsp3) is 0.364. The third-order valence-corrected chi connectivity index (χ3v) is 4.29. The lowest BCUT2D eigenvalue weighted by Crippen LogP contribution is -2.43. The van der Waals surface area contributed by atoms with Gasteiger partial charge in [0.1, 0.15) is 0 Å². The molecule has 0 N–H and O–H groups in total. The average Bonchev–Trinajstić information content (AvgIpc) is 2.14. The van der Waals surface area contributed by atoms with Crippen LogP contribution in [0.2, 0.25) is 19.6 Å². The Labute approximate surface area is 93.3 Å². The Balaban J connectivity index is 3.31. The summed E-state index contributed by atoms with van der Waals surface area (Å²) in [6, 6.07) is 6.00. The van der Waals surface area contributed by atoms with Crippen LogP contribution >= 0.6 is 0 Å². The third-order valence-electron chi connectivity index (χ3n) is 2.24. The van der Waals surface area contributed by atoms with Gasteiger partial charge in [-0.2, -0.15) is 13.2 Å². The zero-order valence-electron chi connectivity index (χ0n) is 9.35. The van der Waals surface area contributed by atoms with Crippen LogP contribution in [0.4, 0.5) is 13.2 Å². The number of alkyl halides is 3. The first-order valence-electron chi connectivity index (χ1n) is 4.85. The van der Waals surface area contributed by atoms with Crippen LogP contribution in [0.25, 0.3) is 0 Å². The van der Waals surface area contributed by atoms with Crippen LogP contribution in [0.1, 0.15) is 10.4 Å². The molecule has 5 heteroatoms. The van der Waals surface area contributed by atoms with E-state index in [4.69, 9.17) is 0 Å². The van der Waals surface area contributed by atoms with E-state index in [0.717, 1.165) is 0 Å². The van der Waals surface area contributed by atoms with E-state index >= 15 is 0 Å². The molecule has 0 spiro atoms. The lowest BCUT2D eigenvalue weighted by atomic mass is 10.1. The average molecular weight is 246 g/mol. The molecule has 0 bridgehead atoms. The molecule has 0 unspecified atom stereocenters. The van der Waals surface area contributed by atoms with Crippen molar-refractivity contribution in [2.24, 2.45) is 0 Å². The van der Waals surface area contributed by atoms with Crippen molar-refractivity contribution in [1.82, 2.24) is 0 Å². The van der Waals surface area contributed by atoms with Crippen LogP contribution in [0.15, 0.2) is 24.3 Å². The predicted molar refractivity (Wildman–Crippen MR) is 59.8 cm³/mol. The largest absolute Gasteiger partial charge is 0.454 e. The van der Waals surface area contributed by atoms with E-state index in [1.54, 1.807) is 12.1 Å². The first-order chi connectivity index (χ1) is 7.14. The standard InChI is InChI=1S/C11H13F3OSi/c1-16(2,3)9-7-5-4-6-8(9)10(15)11(12,13)14/h4-7H,1-3H3. The molecule has 0 atom stereocenters. The van der Waals surface area contributed by atoms with Crippen molar-refractivity contribution < 1.29 is 18.0 Å². The van der Waals surface area contributed by atoms with Crippen molar-refractivity contribution in [2.75, 3.05) is 0 Å². The molecule has 1 nitrogen and oxygen atoms in total. The summed E-state index contributed by atoms with van der Waals surface area (Å²) in [5.41, 5.74) is -0.200. The van der Waals surface area contributed by atoms with Crippen molar-refractivity contribution in [2.45, 2.75) is 25.8 Å². The SMILES string of the molecule is C[Si](C)(C)c1ccccc1C(=O)C(F)(F)F. The van der Waals surface area contributed by atoms with Gasteiger partial charge in [0, 0.05) is 5.56 Å². The Morgan fingerprint density at radius 2 is 1.62 bits per heavy atom. The van der Waals surface area contributed by atoms with Gasteiger partial charge < -0.3 is 0 Å². The monoisotopic (exact) mass is 246 g/mol. The Kier molecular flexibility index (Phi) is 3.28. The second-order valence-electron chi connectivity index (χ2n) is 4.62. The molecule has 16 heavy (non-hydrogen) atoms. The molecule has 0 aliphatic carbocycles. The van der Waals surface area contributed by atoms with E-state index in [0.29, 0.717) is 5.19 Å². The summed E-state index contributed by atoms with van der Waals surface area (Å²) in [7, 11) is -1.94. The van der Waals surface area contributed by atoms with Crippen molar-refractivity contribution in [3.05, 3.63) is 29.8 Å². The molecule has 0 saturated carbocycles. The van der Waals surface area contributed by atoms with Gasteiger partial charge in [0.05, 0.1) is 8.07 Å². The molecule has 0 heterocycles. The summed E-state index contributed by atoms with van der Waals surface area (Å²) in [5.74, 6) is -1.74. The first-order valence-corrected chi connectivity index (χ1v) is 8.35. The van der Waals surface area contributed by atoms with Crippen LogP contribution in [-0.4, -0.2) is 20.0 Å². The van der Waals surface area contributed by atoms with Crippen molar-refractivity contribution in [3.63, 3.8) is 0 Å². The normalized spacial score (nSPS) is 12.6. The minimum atomic E-state index is -4.80. The third kappa shape index (κ3) is 2.72. The number of carbonyl (C=O) groups excluding carboxylic acids is 1. The van der Waals surface area contributed by atoms with Crippen LogP contribution < -0.4 is 5.19 Å². The molecule has 0 aromatic heterocycles. The van der Waals surface area contributed by atoms with Crippen LogP contribution in [0, 0.1) is 0 Å². The number of carbonyl (C=O) groups is 1. The summed E-state index contributed by atoms with van der Waals surface area (Å²) in [4.78, 5) is 11.2. The topological polar surface area (TPSA) is 17.1 Å². The van der Waals surface area contributed by atoms with E-state index in [1.165, 1.54) is 12.1 Å². The fourth-order valence-corrected chi connectivity index (χ4v) is 3.09. The summed E-state index contributed by atoms with van der Waals surface area (Å²) >= 11 is 0. The molecular formula is C11H13F3OSi. The predicted octanol–water partition coefficient (Wildman–Crippen LogP) is 2.98. The number of benzene rings is 1. The first kappa shape index (κ1) is 13.0. The molecule has 88 valence electrons. The van der Waals surface area contributed by atoms with Gasteiger partial charge in [-0.1, -0.05) is 43.9 Å². The highest BCUT2D eigenvalue weighted by molar-refractivity contribution is 6.89. The zero-order valence-corrected chi connectivity index (χ0v) is 10.4. The van der Waals surface area contributed by atoms with Gasteiger partial charge in [-0.15, -0.1) is 0 Å². The molecule has 1 rings (SSSR count). The van der Waals surface area contributed by atoms with Gasteiger partial charge in [-0.05, 0) is 5.19 Å². The van der Waals surface area contributed by atoms with E-state index in [2.05, 4.69) is 0 Å². The maximum atomic E-state index is 12.4. The second-order valence-corrected chi connectivity index (χ2v) is 9.66. The molecular weight excluding hydrogens is 233 g/mol. The van der Waals surface area contributed by atoms with Crippen molar-refractivity contribution >= 4 is 19.0 Å². The maximum absolute atomic E-state index is 12.4. The fourth-order valence-electron chi connectivity index (χ4n) is 1.49. The molecule has 1 aromatic rings. The summed E-state index contributed by atoms with van der Waals surface area (Å²) in [6.45, 7) is 5.74. The van der Waals surface area contributed by atoms with E-state index in [1.807, 2.05) is 19.6 Å². The number of rotatable bonds is 2. The molecule has 0 saturated heterocycles. The Hall–Kier alpha value is -1.10. The Morgan fingerprint density at radius 3 is 2.06 bits per heavy atom. The quantitative estimate of drug-likeness (QED) is 0.579. The van der Waals surface area contributed by atoms with Gasteiger partial charge in [0.15, 0.2) is 0 Å². The summed E-state index contributed by atoms with van der Waals surface area (Å²) in [5, 5.41) is 0.553. The molecule has 1 aromatic carbocycles. The number of ketones is 1. The van der Waals surface area contributed by atoms with Gasteiger partial charge >= 0.3 is 6.18 Å². The number of hydrogen-bond donors (Lipinski definition) is 0. The molecule has 0 aliphatic rings. The molecule has 0 amide bonds. The lowest BCUT2D eigenvalue weighted by Gasteiger charge is -2.20. The molecule has 0 fully saturated rings. The molecule has 0 aliphatic heterocycles. The molecule has 0 radical (unpaired) electrons. The number of hydrogen-bond acceptors (Lipinski definition) is 1. The van der Waals surface area contributed by atoms with Crippen molar-refractivity contribution in [1.29, 1.82) is 0 Å². The Morgan fingerprint density at radius 1 is 1.12 bits per heavy atom. The highest BCUT2D eigenvalue weighted by Gasteiger charge is 2.41. The smallest absolute Gasteiger partial charge is 0.284 e. The summed E-state index contributed by atoms with van der Waals surface area (Å²) < 4.78 is 37.1. The lowest BCUT2D eigenvalue weighted by molar-refractivity contribution is -0.0884. The van der Waals surface area contributed by atoms with Gasteiger partial charge in [-0.25, -0.2) is 0 Å². The number of Topliss-reactive ketones (excluding diaryl/α,β-unsaturated/α-hetero) is 1. The zero-order chi connectivity index (χ0) is 12.6. The highest BCUT2D eigenvalue weighted by Crippen LogP contribution is 2.21. The van der Waals surface area contributed by atoms with Crippen LogP contribution in [0.3, 0.4) is 0 Å². The second kappa shape index (κ2) is 4.05. The van der Waals surface area contributed by atoms with Gasteiger partial charge in [0.25, 0.3) is 5.78 Å². The minimum Gasteiger partial charge on any atom is -0.284 e. The van der Waals surface area contributed by atoms with Crippen LogP contribution in [0.5, 0.6) is 0 Å². The van der Waals surface area contributed by atoms with E-state index in [-0.39, 0.29) is 5.56 Å². The van der Waals surface area contributed by atoms with Gasteiger partial charge in [0.2, 0.25) is 0 Å². The highest BCUT2D eigenvalue weighted by atomic mass is 28.3. The number of halogens is 3. The van der Waals surface area contributed by atoms with Gasteiger partial charge in [-0.3, -0.25) is 4.79 Å².